The second-order valence-electron chi connectivity index (χ2n) is 8.21. The summed E-state index contributed by atoms with van der Waals surface area (Å²) in [7, 11) is 4.46. The smallest absolute Gasteiger partial charge is 0.218 e. The summed E-state index contributed by atoms with van der Waals surface area (Å²) in [6, 6.07) is 17.9. The molecule has 4 rings (SSSR count). The van der Waals surface area contributed by atoms with Crippen LogP contribution >= 0.6 is 0 Å². The van der Waals surface area contributed by atoms with E-state index in [0.717, 1.165) is 0 Å². The van der Waals surface area contributed by atoms with Crippen LogP contribution in [-0.2, 0) is 9.47 Å². The first-order valence-electron chi connectivity index (χ1n) is 10.4. The van der Waals surface area contributed by atoms with E-state index in [1.54, 1.807) is 49.4 Å². The van der Waals surface area contributed by atoms with Crippen LogP contribution in [0.3, 0.4) is 0 Å². The van der Waals surface area contributed by atoms with E-state index in [1.807, 2.05) is 12.1 Å². The molecule has 2 bridgehead atoms. The highest BCUT2D eigenvalue weighted by molar-refractivity contribution is 5.90. The van der Waals surface area contributed by atoms with Gasteiger partial charge in [0.25, 0.3) is 0 Å². The van der Waals surface area contributed by atoms with Crippen LogP contribution in [0.5, 0.6) is 17.2 Å². The van der Waals surface area contributed by atoms with Gasteiger partial charge in [-0.25, -0.2) is 0 Å². The summed E-state index contributed by atoms with van der Waals surface area (Å²) in [5.74, 6) is -1.60. The maximum Gasteiger partial charge on any atom is 0.218 e. The van der Waals surface area contributed by atoms with E-state index in [-0.39, 0.29) is 0 Å². The molecule has 0 aliphatic carbocycles. The number of nitriles is 3. The Kier molecular flexibility index (Phi) is 5.36. The van der Waals surface area contributed by atoms with Gasteiger partial charge in [0.05, 0.1) is 45.5 Å². The first-order valence-corrected chi connectivity index (χ1v) is 10.4. The van der Waals surface area contributed by atoms with Gasteiger partial charge in [0.15, 0.2) is 5.41 Å². The molecule has 4 unspecified atom stereocenters. The topological polar surface area (TPSA) is 141 Å². The zero-order valence-corrected chi connectivity index (χ0v) is 19.1. The fourth-order valence-corrected chi connectivity index (χ4v) is 5.11. The molecule has 2 heterocycles. The molecule has 0 radical (unpaired) electrons. The molecule has 9 heteroatoms. The fourth-order valence-electron chi connectivity index (χ4n) is 5.11. The van der Waals surface area contributed by atoms with Crippen molar-refractivity contribution in [1.82, 2.24) is 0 Å². The second-order valence-corrected chi connectivity index (χ2v) is 8.21. The number of fused-ring (bicyclic) bond motifs is 2. The molecule has 2 aromatic rings. The summed E-state index contributed by atoms with van der Waals surface area (Å²) >= 11 is 0. The predicted molar refractivity (Wildman–Crippen MR) is 118 cm³/mol. The molecular formula is C25H22N4O5. The maximum atomic E-state index is 10.6. The minimum Gasteiger partial charge on any atom is -0.497 e. The molecule has 0 saturated carbocycles. The molecule has 0 amide bonds. The van der Waals surface area contributed by atoms with Crippen LogP contribution in [-0.4, -0.2) is 33.0 Å². The van der Waals surface area contributed by atoms with Gasteiger partial charge in [-0.15, -0.1) is 0 Å². The van der Waals surface area contributed by atoms with Crippen molar-refractivity contribution in [2.75, 3.05) is 21.3 Å². The molecule has 2 aliphatic rings. The third-order valence-corrected chi connectivity index (χ3v) is 6.68. The highest BCUT2D eigenvalue weighted by atomic mass is 16.7. The minimum absolute atomic E-state index is 0.335. The van der Waals surface area contributed by atoms with Crippen molar-refractivity contribution in [1.29, 1.82) is 21.2 Å². The Morgan fingerprint density at radius 3 is 2.03 bits per heavy atom. The number of methoxy groups -OCH3 is 3. The molecule has 172 valence electrons. The van der Waals surface area contributed by atoms with Gasteiger partial charge in [-0.3, -0.25) is 5.41 Å². The molecule has 2 fully saturated rings. The first kappa shape index (κ1) is 22.9. The molecule has 4 atom stereocenters. The van der Waals surface area contributed by atoms with Gasteiger partial charge >= 0.3 is 0 Å². The van der Waals surface area contributed by atoms with Gasteiger partial charge in [0.1, 0.15) is 23.4 Å². The minimum atomic E-state index is -2.15. The number of benzene rings is 2. The van der Waals surface area contributed by atoms with Crippen molar-refractivity contribution < 1.29 is 23.7 Å². The van der Waals surface area contributed by atoms with Crippen LogP contribution in [0.2, 0.25) is 0 Å². The average molecular weight is 458 g/mol. The molecule has 34 heavy (non-hydrogen) atoms. The number of hydrogen-bond acceptors (Lipinski definition) is 9. The highest BCUT2D eigenvalue weighted by Gasteiger charge is 2.80. The third-order valence-electron chi connectivity index (χ3n) is 6.68. The van der Waals surface area contributed by atoms with Crippen molar-refractivity contribution in [3.05, 3.63) is 53.6 Å². The fraction of sp³-hybridized carbons (Fsp3) is 0.360. The highest BCUT2D eigenvalue weighted by Crippen LogP contribution is 2.70. The summed E-state index contributed by atoms with van der Waals surface area (Å²) in [5, 5.41) is 40.2. The van der Waals surface area contributed by atoms with Crippen molar-refractivity contribution in [2.45, 2.75) is 24.7 Å². The number of nitrogens with one attached hydrogen (secondary N) is 1. The van der Waals surface area contributed by atoms with Crippen LogP contribution in [0.15, 0.2) is 42.5 Å². The lowest BCUT2D eigenvalue weighted by molar-refractivity contribution is -0.253. The van der Waals surface area contributed by atoms with Crippen LogP contribution < -0.4 is 14.2 Å². The van der Waals surface area contributed by atoms with Crippen LogP contribution in [0, 0.1) is 50.2 Å². The number of ether oxygens (including phenoxy) is 5. The van der Waals surface area contributed by atoms with Crippen molar-refractivity contribution in [3.63, 3.8) is 0 Å². The Bertz CT molecular complexity index is 1260. The SMILES string of the molecule is COc1ccc(C2C3(C)OC(=N)C2(C#N)C(C#N)(C#N)C(c2cc(OC)ccc2OC)O3)cc1. The van der Waals surface area contributed by atoms with Crippen LogP contribution in [0.25, 0.3) is 0 Å². The Labute approximate surface area is 197 Å². The Morgan fingerprint density at radius 1 is 0.882 bits per heavy atom. The molecule has 2 aliphatic heterocycles. The summed E-state index contributed by atoms with van der Waals surface area (Å²) in [5.41, 5.74) is -3.23. The quantitative estimate of drug-likeness (QED) is 0.712. The van der Waals surface area contributed by atoms with Gasteiger partial charge in [-0.2, -0.15) is 15.8 Å². The van der Waals surface area contributed by atoms with E-state index >= 15 is 0 Å². The van der Waals surface area contributed by atoms with Crippen molar-refractivity contribution in [2.24, 2.45) is 10.8 Å². The Hall–Kier alpha value is -4.26. The van der Waals surface area contributed by atoms with E-state index in [4.69, 9.17) is 29.1 Å². The van der Waals surface area contributed by atoms with E-state index in [9.17, 15) is 15.8 Å². The molecule has 9 nitrogen and oxygen atoms in total. The van der Waals surface area contributed by atoms with Gasteiger partial charge in [0, 0.05) is 12.5 Å². The monoisotopic (exact) mass is 458 g/mol. The van der Waals surface area contributed by atoms with E-state index in [0.29, 0.717) is 28.4 Å². The van der Waals surface area contributed by atoms with E-state index in [2.05, 4.69) is 6.07 Å². The van der Waals surface area contributed by atoms with Gasteiger partial charge in [-0.1, -0.05) is 12.1 Å². The Morgan fingerprint density at radius 2 is 1.50 bits per heavy atom. The lowest BCUT2D eigenvalue weighted by Crippen LogP contribution is -2.57. The van der Waals surface area contributed by atoms with Gasteiger partial charge < -0.3 is 23.7 Å². The van der Waals surface area contributed by atoms with E-state index < -0.39 is 34.5 Å². The van der Waals surface area contributed by atoms with Crippen molar-refractivity contribution in [3.8, 4) is 35.5 Å². The number of hydrogen-bond donors (Lipinski definition) is 1. The normalized spacial score (nSPS) is 28.6. The lowest BCUT2D eigenvalue weighted by Gasteiger charge is -2.49. The molecule has 2 saturated heterocycles. The van der Waals surface area contributed by atoms with Gasteiger partial charge in [0.2, 0.25) is 17.1 Å². The maximum absolute atomic E-state index is 10.6. The molecule has 0 aromatic heterocycles. The first-order chi connectivity index (χ1) is 16.3. The third kappa shape index (κ3) is 2.76. The summed E-state index contributed by atoms with van der Waals surface area (Å²) in [6.07, 6.45) is -1.28. The predicted octanol–water partition coefficient (Wildman–Crippen LogP) is 3.83. The molecule has 1 N–H and O–H groups in total. The van der Waals surface area contributed by atoms with Gasteiger partial charge in [-0.05, 0) is 35.9 Å². The number of rotatable bonds is 5. The molecular weight excluding hydrogens is 436 g/mol. The molecule has 0 spiro atoms. The summed E-state index contributed by atoms with van der Waals surface area (Å²) < 4.78 is 28.3. The van der Waals surface area contributed by atoms with E-state index in [1.165, 1.54) is 21.3 Å². The zero-order valence-electron chi connectivity index (χ0n) is 19.1. The number of nitrogens with zero attached hydrogens (tertiary/aromatic N) is 3. The zero-order chi connectivity index (χ0) is 24.7. The van der Waals surface area contributed by atoms with Crippen LogP contribution in [0.1, 0.15) is 30.1 Å². The standard InChI is InChI=1S/C25H22N4O5/c1-23-20(15-5-7-16(30-2)8-6-15)25(14-28,22(29)34-23)24(12-26,13-27)21(33-23)18-11-17(31-3)9-10-19(18)32-4/h5-11,20-21,29H,1-4H3. The largest absolute Gasteiger partial charge is 0.497 e. The van der Waals surface area contributed by atoms with Crippen molar-refractivity contribution >= 4 is 5.90 Å². The second kappa shape index (κ2) is 7.95. The van der Waals surface area contributed by atoms with Crippen LogP contribution in [0.4, 0.5) is 0 Å². The summed E-state index contributed by atoms with van der Waals surface area (Å²) in [6.45, 7) is 1.61. The summed E-state index contributed by atoms with van der Waals surface area (Å²) in [4.78, 5) is 0. The average Bonchev–Trinajstić information content (AvgIpc) is 3.05. The lowest BCUT2D eigenvalue weighted by atomic mass is 9.52. The Balaban J connectivity index is 2.02. The molecule has 2 aromatic carbocycles.